The Hall–Kier alpha value is -0.850. The summed E-state index contributed by atoms with van der Waals surface area (Å²) in [7, 11) is -1.76. The first-order valence-electron chi connectivity index (χ1n) is 8.18. The summed E-state index contributed by atoms with van der Waals surface area (Å²) < 4.78 is 34.1. The minimum Gasteiger partial charge on any atom is -0.464 e. The van der Waals surface area contributed by atoms with Crippen LogP contribution in [0.1, 0.15) is 50.5 Å². The third-order valence-electron chi connectivity index (χ3n) is 4.88. The van der Waals surface area contributed by atoms with Crippen molar-refractivity contribution in [2.24, 2.45) is 11.8 Å². The normalized spacial score (nSPS) is 29.9. The molecule has 1 aromatic heterocycles. The van der Waals surface area contributed by atoms with E-state index in [9.17, 15) is 8.42 Å². The van der Waals surface area contributed by atoms with Crippen LogP contribution in [0.5, 0.6) is 0 Å². The van der Waals surface area contributed by atoms with Crippen molar-refractivity contribution < 1.29 is 12.8 Å². The fourth-order valence-electron chi connectivity index (χ4n) is 3.25. The molecule has 2 aliphatic rings. The highest BCUT2D eigenvalue weighted by atomic mass is 32.2. The van der Waals surface area contributed by atoms with Crippen LogP contribution in [-0.4, -0.2) is 37.2 Å². The van der Waals surface area contributed by atoms with Gasteiger partial charge in [-0.3, -0.25) is 0 Å². The van der Waals surface area contributed by atoms with Crippen molar-refractivity contribution in [3.05, 3.63) is 23.7 Å². The molecule has 0 radical (unpaired) electrons. The van der Waals surface area contributed by atoms with Crippen LogP contribution in [0.2, 0.25) is 0 Å². The number of hydrogen-bond donors (Lipinski definition) is 0. The van der Waals surface area contributed by atoms with Crippen molar-refractivity contribution in [2.45, 2.75) is 45.6 Å². The van der Waals surface area contributed by atoms with Gasteiger partial charge in [-0.25, -0.2) is 0 Å². The molecule has 1 aromatic rings. The third-order valence-corrected chi connectivity index (χ3v) is 6.78. The summed E-state index contributed by atoms with van der Waals surface area (Å²) >= 11 is 0. The molecule has 1 saturated heterocycles. The van der Waals surface area contributed by atoms with Crippen molar-refractivity contribution in [1.29, 1.82) is 0 Å². The summed E-state index contributed by atoms with van der Waals surface area (Å²) in [5.41, 5.74) is 0. The monoisotopic (exact) mass is 326 g/mol. The Morgan fingerprint density at radius 1 is 1.36 bits per heavy atom. The van der Waals surface area contributed by atoms with E-state index in [1.54, 1.807) is 11.4 Å². The van der Waals surface area contributed by atoms with Gasteiger partial charge in [-0.15, -0.1) is 0 Å². The second-order valence-electron chi connectivity index (χ2n) is 6.99. The smallest absolute Gasteiger partial charge is 0.282 e. The molecule has 0 spiro atoms. The second-order valence-corrected chi connectivity index (χ2v) is 9.03. The van der Waals surface area contributed by atoms with E-state index in [1.165, 1.54) is 10.7 Å². The maximum absolute atomic E-state index is 12.7. The van der Waals surface area contributed by atoms with Crippen molar-refractivity contribution in [2.75, 3.05) is 20.1 Å². The number of hydrogen-bond acceptors (Lipinski definition) is 3. The Bertz CT molecular complexity index is 625. The summed E-state index contributed by atoms with van der Waals surface area (Å²) in [6.45, 7) is 5.86. The fourth-order valence-corrected chi connectivity index (χ4v) is 4.74. The van der Waals surface area contributed by atoms with Gasteiger partial charge >= 0.3 is 0 Å². The van der Waals surface area contributed by atoms with Crippen LogP contribution < -0.4 is 0 Å². The largest absolute Gasteiger partial charge is 0.464 e. The molecule has 1 aliphatic carbocycles. The van der Waals surface area contributed by atoms with Gasteiger partial charge < -0.3 is 4.42 Å². The molecule has 124 valence electrons. The van der Waals surface area contributed by atoms with E-state index in [0.717, 1.165) is 24.4 Å². The third kappa shape index (κ3) is 3.24. The topological polar surface area (TPSA) is 53.8 Å². The Morgan fingerprint density at radius 3 is 2.73 bits per heavy atom. The molecule has 3 atom stereocenters. The van der Waals surface area contributed by atoms with E-state index >= 15 is 0 Å². The van der Waals surface area contributed by atoms with Gasteiger partial charge in [0.2, 0.25) is 0 Å². The van der Waals surface area contributed by atoms with Crippen molar-refractivity contribution in [3.63, 3.8) is 0 Å². The average Bonchev–Trinajstić information content (AvgIpc) is 3.02. The molecule has 1 saturated carbocycles. The highest BCUT2D eigenvalue weighted by Crippen LogP contribution is 2.47. The second kappa shape index (κ2) is 5.98. The van der Waals surface area contributed by atoms with E-state index in [-0.39, 0.29) is 0 Å². The average molecular weight is 326 g/mol. The SMILES string of the molecule is C[C@@H]1CCCN(S(=O)(=O)N(C)Cc2ccc([C@H]3C[C@H]3C)o2)C1. The van der Waals surface area contributed by atoms with E-state index in [0.29, 0.717) is 37.4 Å². The van der Waals surface area contributed by atoms with Gasteiger partial charge in [0.1, 0.15) is 11.5 Å². The molecule has 22 heavy (non-hydrogen) atoms. The molecule has 0 N–H and O–H groups in total. The lowest BCUT2D eigenvalue weighted by Crippen LogP contribution is -2.45. The van der Waals surface area contributed by atoms with Gasteiger partial charge in [0.15, 0.2) is 0 Å². The molecule has 6 heteroatoms. The molecule has 3 rings (SSSR count). The Morgan fingerprint density at radius 2 is 2.09 bits per heavy atom. The molecule has 2 fully saturated rings. The lowest BCUT2D eigenvalue weighted by Gasteiger charge is -2.32. The first-order valence-corrected chi connectivity index (χ1v) is 9.57. The van der Waals surface area contributed by atoms with Crippen molar-refractivity contribution in [1.82, 2.24) is 8.61 Å². The highest BCUT2D eigenvalue weighted by Gasteiger charge is 2.37. The van der Waals surface area contributed by atoms with E-state index < -0.39 is 10.2 Å². The number of furan rings is 1. The van der Waals surface area contributed by atoms with Crippen LogP contribution in [0.25, 0.3) is 0 Å². The molecule has 1 aliphatic heterocycles. The molecular weight excluding hydrogens is 300 g/mol. The van der Waals surface area contributed by atoms with Crippen LogP contribution >= 0.6 is 0 Å². The fraction of sp³-hybridized carbons (Fsp3) is 0.750. The van der Waals surface area contributed by atoms with Crippen molar-refractivity contribution in [3.8, 4) is 0 Å². The quantitative estimate of drug-likeness (QED) is 0.836. The zero-order chi connectivity index (χ0) is 15.9. The molecule has 0 amide bonds. The maximum atomic E-state index is 12.7. The first kappa shape index (κ1) is 16.0. The van der Waals surface area contributed by atoms with E-state index in [4.69, 9.17) is 4.42 Å². The minimum atomic E-state index is -3.39. The van der Waals surface area contributed by atoms with Crippen LogP contribution in [0.15, 0.2) is 16.5 Å². The van der Waals surface area contributed by atoms with E-state index in [1.807, 2.05) is 12.1 Å². The molecule has 2 heterocycles. The van der Waals surface area contributed by atoms with Gasteiger partial charge in [-0.1, -0.05) is 13.8 Å². The lowest BCUT2D eigenvalue weighted by atomic mass is 10.0. The highest BCUT2D eigenvalue weighted by molar-refractivity contribution is 7.86. The summed E-state index contributed by atoms with van der Waals surface area (Å²) in [6, 6.07) is 3.90. The van der Waals surface area contributed by atoms with Gasteiger partial charge in [-0.05, 0) is 43.2 Å². The van der Waals surface area contributed by atoms with Gasteiger partial charge in [0, 0.05) is 26.1 Å². The number of piperidine rings is 1. The number of nitrogens with zero attached hydrogens (tertiary/aromatic N) is 2. The zero-order valence-electron chi connectivity index (χ0n) is 13.7. The predicted octanol–water partition coefficient (Wildman–Crippen LogP) is 2.81. The van der Waals surface area contributed by atoms with Gasteiger partial charge in [0.05, 0.1) is 6.54 Å². The Labute approximate surface area is 133 Å². The minimum absolute atomic E-state index is 0.300. The summed E-state index contributed by atoms with van der Waals surface area (Å²) in [6.07, 6.45) is 3.22. The zero-order valence-corrected chi connectivity index (χ0v) is 14.5. The number of rotatable bonds is 5. The maximum Gasteiger partial charge on any atom is 0.282 e. The van der Waals surface area contributed by atoms with Crippen molar-refractivity contribution >= 4 is 10.2 Å². The molecular formula is C16H26N2O3S. The van der Waals surface area contributed by atoms with Gasteiger partial charge in [-0.2, -0.15) is 17.0 Å². The predicted molar refractivity (Wildman–Crippen MR) is 85.6 cm³/mol. The van der Waals surface area contributed by atoms with Crippen LogP contribution in [0.3, 0.4) is 0 Å². The molecule has 0 unspecified atom stereocenters. The summed E-state index contributed by atoms with van der Waals surface area (Å²) in [5, 5.41) is 0. The Kier molecular flexibility index (Phi) is 4.36. The molecule has 0 aromatic carbocycles. The van der Waals surface area contributed by atoms with E-state index in [2.05, 4.69) is 13.8 Å². The first-order chi connectivity index (χ1) is 10.4. The summed E-state index contributed by atoms with van der Waals surface area (Å²) in [4.78, 5) is 0. The molecule has 0 bridgehead atoms. The summed E-state index contributed by atoms with van der Waals surface area (Å²) in [5.74, 6) is 3.38. The molecule has 5 nitrogen and oxygen atoms in total. The standard InChI is InChI=1S/C16H26N2O3S/c1-12-5-4-8-18(10-12)22(19,20)17(3)11-14-6-7-16(21-14)15-9-13(15)2/h6-7,12-13,15H,4-5,8-11H2,1-3H3/t12-,13-,15+/m1/s1. The van der Waals surface area contributed by atoms with Crippen LogP contribution in [0.4, 0.5) is 0 Å². The lowest BCUT2D eigenvalue weighted by molar-refractivity contribution is 0.259. The Balaban J connectivity index is 1.65. The van der Waals surface area contributed by atoms with Crippen LogP contribution in [0, 0.1) is 11.8 Å². The van der Waals surface area contributed by atoms with Gasteiger partial charge in [0.25, 0.3) is 10.2 Å². The van der Waals surface area contributed by atoms with Crippen LogP contribution in [-0.2, 0) is 16.8 Å².